The van der Waals surface area contributed by atoms with Crippen LogP contribution in [0.15, 0.2) is 42.7 Å². The van der Waals surface area contributed by atoms with Gasteiger partial charge in [-0.15, -0.1) is 0 Å². The van der Waals surface area contributed by atoms with E-state index in [0.717, 1.165) is 30.2 Å². The first-order valence-corrected chi connectivity index (χ1v) is 9.07. The molecule has 0 saturated carbocycles. The molecule has 0 aliphatic carbocycles. The molecule has 7 heteroatoms. The maximum absolute atomic E-state index is 12.8. The van der Waals surface area contributed by atoms with Crippen molar-refractivity contribution in [3.05, 3.63) is 48.3 Å². The summed E-state index contributed by atoms with van der Waals surface area (Å²) < 4.78 is 10.2. The molecular weight excluding hydrogens is 344 g/mol. The zero-order chi connectivity index (χ0) is 19.1. The number of nitrogens with zero attached hydrogens (tertiary/aromatic N) is 3. The van der Waals surface area contributed by atoms with E-state index in [9.17, 15) is 4.79 Å². The highest BCUT2D eigenvalue weighted by molar-refractivity contribution is 5.95. The second-order valence-corrected chi connectivity index (χ2v) is 6.36. The Morgan fingerprint density at radius 2 is 1.85 bits per heavy atom. The minimum atomic E-state index is 0.0206. The van der Waals surface area contributed by atoms with Gasteiger partial charge in [0.15, 0.2) is 0 Å². The first kappa shape index (κ1) is 19.0. The van der Waals surface area contributed by atoms with Crippen molar-refractivity contribution in [3.8, 4) is 5.75 Å². The Labute approximate surface area is 159 Å². The quantitative estimate of drug-likeness (QED) is 0.753. The lowest BCUT2D eigenvalue weighted by molar-refractivity contribution is 0.0746. The third-order valence-electron chi connectivity index (χ3n) is 4.62. The average Bonchev–Trinajstić information content (AvgIpc) is 2.74. The van der Waals surface area contributed by atoms with Crippen molar-refractivity contribution in [2.24, 2.45) is 0 Å². The van der Waals surface area contributed by atoms with Gasteiger partial charge in [-0.05, 0) is 30.3 Å². The van der Waals surface area contributed by atoms with E-state index in [4.69, 9.17) is 9.47 Å². The van der Waals surface area contributed by atoms with Crippen LogP contribution in [-0.4, -0.2) is 69.3 Å². The fourth-order valence-electron chi connectivity index (χ4n) is 3.09. The molecule has 0 unspecified atom stereocenters. The van der Waals surface area contributed by atoms with Crippen LogP contribution >= 0.6 is 0 Å². The van der Waals surface area contributed by atoms with Gasteiger partial charge in [0.1, 0.15) is 5.75 Å². The van der Waals surface area contributed by atoms with Crippen LogP contribution in [0, 0.1) is 0 Å². The van der Waals surface area contributed by atoms with Gasteiger partial charge in [-0.25, -0.2) is 0 Å². The minimum absolute atomic E-state index is 0.0206. The Balaban J connectivity index is 1.57. The summed E-state index contributed by atoms with van der Waals surface area (Å²) in [5.74, 6) is 0.867. The van der Waals surface area contributed by atoms with Gasteiger partial charge in [0.05, 0.1) is 25.0 Å². The third-order valence-corrected chi connectivity index (χ3v) is 4.62. The van der Waals surface area contributed by atoms with Crippen molar-refractivity contribution in [1.29, 1.82) is 0 Å². The Morgan fingerprint density at radius 1 is 1.11 bits per heavy atom. The number of methoxy groups -OCH3 is 2. The molecule has 2 aromatic rings. The standard InChI is InChI=1S/C20H26N4O3/c1-26-12-7-22-17-13-16(14-21-15-17)20(25)24-10-8-23(9-11-24)18-3-5-19(27-2)6-4-18/h3-6,13-15,22H,7-12H2,1-2H3. The number of rotatable bonds is 7. The number of hydrogen-bond donors (Lipinski definition) is 1. The molecule has 1 aromatic carbocycles. The molecule has 1 saturated heterocycles. The number of benzene rings is 1. The highest BCUT2D eigenvalue weighted by Gasteiger charge is 2.22. The fourth-order valence-corrected chi connectivity index (χ4v) is 3.09. The first-order chi connectivity index (χ1) is 13.2. The van der Waals surface area contributed by atoms with Crippen LogP contribution in [0.4, 0.5) is 11.4 Å². The van der Waals surface area contributed by atoms with Crippen molar-refractivity contribution in [2.45, 2.75) is 0 Å². The molecule has 1 N–H and O–H groups in total. The summed E-state index contributed by atoms with van der Waals surface area (Å²) >= 11 is 0. The van der Waals surface area contributed by atoms with Crippen LogP contribution in [-0.2, 0) is 4.74 Å². The van der Waals surface area contributed by atoms with Crippen LogP contribution in [0.3, 0.4) is 0 Å². The molecule has 27 heavy (non-hydrogen) atoms. The number of nitrogens with one attached hydrogen (secondary N) is 1. The van der Waals surface area contributed by atoms with Gasteiger partial charge < -0.3 is 24.6 Å². The Bertz CT molecular complexity index is 743. The monoisotopic (exact) mass is 370 g/mol. The van der Waals surface area contributed by atoms with Crippen LogP contribution in [0.1, 0.15) is 10.4 Å². The van der Waals surface area contributed by atoms with Gasteiger partial charge in [0, 0.05) is 57.9 Å². The lowest BCUT2D eigenvalue weighted by Crippen LogP contribution is -2.48. The Kier molecular flexibility index (Phi) is 6.49. The van der Waals surface area contributed by atoms with Crippen molar-refractivity contribution >= 4 is 17.3 Å². The van der Waals surface area contributed by atoms with Crippen LogP contribution in [0.2, 0.25) is 0 Å². The van der Waals surface area contributed by atoms with E-state index in [2.05, 4.69) is 27.3 Å². The molecule has 1 amide bonds. The predicted octanol–water partition coefficient (Wildman–Crippen LogP) is 2.11. The van der Waals surface area contributed by atoms with Gasteiger partial charge >= 0.3 is 0 Å². The molecule has 0 spiro atoms. The van der Waals surface area contributed by atoms with E-state index in [1.165, 1.54) is 0 Å². The number of hydrogen-bond acceptors (Lipinski definition) is 6. The molecule has 0 radical (unpaired) electrons. The summed E-state index contributed by atoms with van der Waals surface area (Å²) in [6, 6.07) is 9.87. The van der Waals surface area contributed by atoms with Gasteiger partial charge in [0.25, 0.3) is 5.91 Å². The van der Waals surface area contributed by atoms with E-state index in [-0.39, 0.29) is 5.91 Å². The number of amides is 1. The zero-order valence-electron chi connectivity index (χ0n) is 15.9. The van der Waals surface area contributed by atoms with Gasteiger partial charge in [-0.1, -0.05) is 0 Å². The highest BCUT2D eigenvalue weighted by atomic mass is 16.5. The smallest absolute Gasteiger partial charge is 0.255 e. The summed E-state index contributed by atoms with van der Waals surface area (Å²) in [7, 11) is 3.32. The molecule has 7 nitrogen and oxygen atoms in total. The molecular formula is C20H26N4O3. The van der Waals surface area contributed by atoms with E-state index >= 15 is 0 Å². The second kappa shape index (κ2) is 9.23. The van der Waals surface area contributed by atoms with Gasteiger partial charge in [-0.2, -0.15) is 0 Å². The second-order valence-electron chi connectivity index (χ2n) is 6.36. The lowest BCUT2D eigenvalue weighted by atomic mass is 10.2. The zero-order valence-corrected chi connectivity index (χ0v) is 15.9. The minimum Gasteiger partial charge on any atom is -0.497 e. The Morgan fingerprint density at radius 3 is 2.52 bits per heavy atom. The molecule has 1 aromatic heterocycles. The molecule has 3 rings (SSSR count). The van der Waals surface area contributed by atoms with Crippen molar-refractivity contribution in [1.82, 2.24) is 9.88 Å². The van der Waals surface area contributed by atoms with E-state index in [0.29, 0.717) is 31.8 Å². The molecule has 144 valence electrons. The molecule has 1 aliphatic heterocycles. The largest absolute Gasteiger partial charge is 0.497 e. The summed E-state index contributed by atoms with van der Waals surface area (Å²) in [6.45, 7) is 4.26. The lowest BCUT2D eigenvalue weighted by Gasteiger charge is -2.36. The van der Waals surface area contributed by atoms with E-state index < -0.39 is 0 Å². The number of anilines is 2. The van der Waals surface area contributed by atoms with Crippen LogP contribution < -0.4 is 15.0 Å². The molecule has 2 heterocycles. The van der Waals surface area contributed by atoms with Crippen molar-refractivity contribution in [3.63, 3.8) is 0 Å². The van der Waals surface area contributed by atoms with Crippen molar-refractivity contribution in [2.75, 3.05) is 63.8 Å². The molecule has 1 fully saturated rings. The topological polar surface area (TPSA) is 66.9 Å². The number of aromatic nitrogens is 1. The predicted molar refractivity (Wildman–Crippen MR) is 106 cm³/mol. The van der Waals surface area contributed by atoms with Crippen molar-refractivity contribution < 1.29 is 14.3 Å². The molecule has 0 bridgehead atoms. The summed E-state index contributed by atoms with van der Waals surface area (Å²) in [5, 5.41) is 3.20. The van der Waals surface area contributed by atoms with Gasteiger partial charge in [-0.3, -0.25) is 9.78 Å². The van der Waals surface area contributed by atoms with E-state index in [1.54, 1.807) is 26.6 Å². The number of piperazine rings is 1. The molecule has 0 atom stereocenters. The van der Waals surface area contributed by atoms with Crippen LogP contribution in [0.25, 0.3) is 0 Å². The third kappa shape index (κ3) is 4.89. The summed E-state index contributed by atoms with van der Waals surface area (Å²) in [5.41, 5.74) is 2.58. The normalized spacial score (nSPS) is 14.1. The SMILES string of the molecule is COCCNc1cncc(C(=O)N2CCN(c3ccc(OC)cc3)CC2)c1. The molecule has 1 aliphatic rings. The fraction of sp³-hybridized carbons (Fsp3) is 0.400. The van der Waals surface area contributed by atoms with E-state index in [1.807, 2.05) is 23.1 Å². The average molecular weight is 370 g/mol. The number of pyridine rings is 1. The number of carbonyl (C=O) groups excluding carboxylic acids is 1. The highest BCUT2D eigenvalue weighted by Crippen LogP contribution is 2.21. The Hall–Kier alpha value is -2.80. The number of carbonyl (C=O) groups is 1. The van der Waals surface area contributed by atoms with Gasteiger partial charge in [0.2, 0.25) is 0 Å². The summed E-state index contributed by atoms with van der Waals surface area (Å²) in [6.07, 6.45) is 3.34. The maximum Gasteiger partial charge on any atom is 0.255 e. The summed E-state index contributed by atoms with van der Waals surface area (Å²) in [4.78, 5) is 21.2. The first-order valence-electron chi connectivity index (χ1n) is 9.07. The van der Waals surface area contributed by atoms with Crippen LogP contribution in [0.5, 0.6) is 5.75 Å². The number of ether oxygens (including phenoxy) is 2. The maximum atomic E-state index is 12.8.